The van der Waals surface area contributed by atoms with Crippen molar-refractivity contribution >= 4 is 0 Å². The van der Waals surface area contributed by atoms with Gasteiger partial charge in [0, 0.05) is 0 Å². The van der Waals surface area contributed by atoms with Crippen LogP contribution in [-0.2, 0) is 0 Å². The topological polar surface area (TPSA) is 50.9 Å². The van der Waals surface area contributed by atoms with Crippen molar-refractivity contribution in [2.45, 2.75) is 6.92 Å². The van der Waals surface area contributed by atoms with Crippen LogP contribution in [0.15, 0.2) is 30.9 Å². The van der Waals surface area contributed by atoms with Gasteiger partial charge in [-0.2, -0.15) is 0 Å². The predicted octanol–water partition coefficient (Wildman–Crippen LogP) is 1.28. The summed E-state index contributed by atoms with van der Waals surface area (Å²) in [5.74, 6) is 0.273. The highest BCUT2D eigenvalue weighted by molar-refractivity contribution is 5.44. The van der Waals surface area contributed by atoms with Crippen LogP contribution >= 0.6 is 0 Å². The van der Waals surface area contributed by atoms with E-state index in [0.29, 0.717) is 0 Å². The molecule has 2 aromatic rings. The molecular formula is C9H9N3O. The Labute approximate surface area is 75.5 Å². The first-order chi connectivity index (χ1) is 6.27. The van der Waals surface area contributed by atoms with Crippen molar-refractivity contribution in [2.75, 3.05) is 0 Å². The molecule has 0 unspecified atom stereocenters. The Balaban J connectivity index is 2.53. The number of benzene rings is 1. The second-order valence-corrected chi connectivity index (χ2v) is 2.84. The minimum absolute atomic E-state index is 0.273. The van der Waals surface area contributed by atoms with E-state index in [0.717, 1.165) is 11.3 Å². The number of hydrogen-bond acceptors (Lipinski definition) is 3. The predicted molar refractivity (Wildman–Crippen MR) is 47.8 cm³/mol. The molecule has 2 rings (SSSR count). The van der Waals surface area contributed by atoms with E-state index in [4.69, 9.17) is 0 Å². The van der Waals surface area contributed by atoms with Gasteiger partial charge < -0.3 is 5.11 Å². The lowest BCUT2D eigenvalue weighted by Crippen LogP contribution is -1.92. The summed E-state index contributed by atoms with van der Waals surface area (Å²) in [4.78, 5) is 0. The van der Waals surface area contributed by atoms with Gasteiger partial charge in [0.2, 0.25) is 0 Å². The molecule has 1 aromatic carbocycles. The Morgan fingerprint density at radius 2 is 1.92 bits per heavy atom. The number of nitrogens with zero attached hydrogens (tertiary/aromatic N) is 3. The van der Waals surface area contributed by atoms with Gasteiger partial charge in [-0.25, -0.2) is 0 Å². The van der Waals surface area contributed by atoms with Crippen molar-refractivity contribution in [3.05, 3.63) is 36.4 Å². The van der Waals surface area contributed by atoms with Gasteiger partial charge in [0.25, 0.3) is 0 Å². The van der Waals surface area contributed by atoms with E-state index in [2.05, 4.69) is 10.2 Å². The molecule has 0 bridgehead atoms. The summed E-state index contributed by atoms with van der Waals surface area (Å²) in [6.45, 7) is 1.93. The third-order valence-corrected chi connectivity index (χ3v) is 1.88. The average Bonchev–Trinajstić information content (AvgIpc) is 2.56. The van der Waals surface area contributed by atoms with Crippen molar-refractivity contribution in [3.8, 4) is 11.4 Å². The lowest BCUT2D eigenvalue weighted by molar-refractivity contribution is 0.475. The molecule has 0 aliphatic rings. The molecule has 1 aromatic heterocycles. The van der Waals surface area contributed by atoms with E-state index in [-0.39, 0.29) is 5.75 Å². The monoisotopic (exact) mass is 175 g/mol. The van der Waals surface area contributed by atoms with Crippen molar-refractivity contribution in [1.29, 1.82) is 0 Å². The fraction of sp³-hybridized carbons (Fsp3) is 0.111. The quantitative estimate of drug-likeness (QED) is 0.710. The summed E-state index contributed by atoms with van der Waals surface area (Å²) < 4.78 is 1.80. The number of aryl methyl sites for hydroxylation is 1. The molecule has 1 heterocycles. The van der Waals surface area contributed by atoms with Crippen LogP contribution in [0, 0.1) is 6.92 Å². The van der Waals surface area contributed by atoms with E-state index >= 15 is 0 Å². The number of rotatable bonds is 1. The highest BCUT2D eigenvalue weighted by Crippen LogP contribution is 2.18. The molecule has 66 valence electrons. The van der Waals surface area contributed by atoms with Gasteiger partial charge >= 0.3 is 0 Å². The molecule has 4 heteroatoms. The van der Waals surface area contributed by atoms with Gasteiger partial charge in [0.15, 0.2) is 0 Å². The Morgan fingerprint density at radius 3 is 2.54 bits per heavy atom. The fourth-order valence-corrected chi connectivity index (χ4v) is 1.25. The third-order valence-electron chi connectivity index (χ3n) is 1.88. The van der Waals surface area contributed by atoms with Crippen LogP contribution in [0.2, 0.25) is 0 Å². The Hall–Kier alpha value is -1.84. The van der Waals surface area contributed by atoms with E-state index in [9.17, 15) is 5.11 Å². The number of phenolic OH excluding ortho intramolecular Hbond substituents is 1. The van der Waals surface area contributed by atoms with Crippen LogP contribution in [-0.4, -0.2) is 19.9 Å². The third kappa shape index (κ3) is 1.38. The fourth-order valence-electron chi connectivity index (χ4n) is 1.25. The van der Waals surface area contributed by atoms with Crippen LogP contribution in [0.3, 0.4) is 0 Å². The molecule has 0 spiro atoms. The van der Waals surface area contributed by atoms with Crippen molar-refractivity contribution in [3.63, 3.8) is 0 Å². The molecule has 4 nitrogen and oxygen atoms in total. The van der Waals surface area contributed by atoms with Crippen molar-refractivity contribution in [1.82, 2.24) is 14.8 Å². The molecule has 0 saturated heterocycles. The molecular weight excluding hydrogens is 166 g/mol. The van der Waals surface area contributed by atoms with Gasteiger partial charge in [-0.3, -0.25) is 4.57 Å². The Morgan fingerprint density at radius 1 is 1.23 bits per heavy atom. The first-order valence-corrected chi connectivity index (χ1v) is 3.92. The maximum absolute atomic E-state index is 9.19. The SMILES string of the molecule is Cc1cc(O)ccc1-n1cnnc1. The second-order valence-electron chi connectivity index (χ2n) is 2.84. The van der Waals surface area contributed by atoms with Crippen LogP contribution in [0.5, 0.6) is 5.75 Å². The summed E-state index contributed by atoms with van der Waals surface area (Å²) in [7, 11) is 0. The highest BCUT2D eigenvalue weighted by Gasteiger charge is 2.00. The van der Waals surface area contributed by atoms with E-state index in [1.54, 1.807) is 29.4 Å². The summed E-state index contributed by atoms with van der Waals surface area (Å²) >= 11 is 0. The number of aromatic hydroxyl groups is 1. The van der Waals surface area contributed by atoms with E-state index in [1.807, 2.05) is 13.0 Å². The van der Waals surface area contributed by atoms with Crippen LogP contribution < -0.4 is 0 Å². The zero-order valence-corrected chi connectivity index (χ0v) is 7.18. The summed E-state index contributed by atoms with van der Waals surface area (Å²) in [6.07, 6.45) is 3.25. The van der Waals surface area contributed by atoms with Crippen LogP contribution in [0.1, 0.15) is 5.56 Å². The van der Waals surface area contributed by atoms with Gasteiger partial charge in [-0.05, 0) is 30.7 Å². The minimum atomic E-state index is 0.273. The molecule has 0 fully saturated rings. The number of hydrogen-bond donors (Lipinski definition) is 1. The van der Waals surface area contributed by atoms with Gasteiger partial charge in [0.1, 0.15) is 18.4 Å². The molecule has 1 N–H and O–H groups in total. The summed E-state index contributed by atoms with van der Waals surface area (Å²) in [5.41, 5.74) is 1.96. The minimum Gasteiger partial charge on any atom is -0.508 e. The van der Waals surface area contributed by atoms with Gasteiger partial charge in [-0.1, -0.05) is 0 Å². The first kappa shape index (κ1) is 7.79. The largest absolute Gasteiger partial charge is 0.508 e. The van der Waals surface area contributed by atoms with Gasteiger partial charge in [-0.15, -0.1) is 10.2 Å². The van der Waals surface area contributed by atoms with E-state index < -0.39 is 0 Å². The number of phenols is 1. The zero-order chi connectivity index (χ0) is 9.26. The van der Waals surface area contributed by atoms with Crippen LogP contribution in [0.4, 0.5) is 0 Å². The molecule has 0 aliphatic carbocycles. The maximum Gasteiger partial charge on any atom is 0.123 e. The molecule has 0 saturated carbocycles. The lowest BCUT2D eigenvalue weighted by atomic mass is 10.2. The Bertz CT molecular complexity index is 409. The molecule has 0 amide bonds. The average molecular weight is 175 g/mol. The Kier molecular flexibility index (Phi) is 1.73. The summed E-state index contributed by atoms with van der Waals surface area (Å²) in [6, 6.07) is 5.17. The van der Waals surface area contributed by atoms with Crippen LogP contribution in [0.25, 0.3) is 5.69 Å². The maximum atomic E-state index is 9.19. The normalized spacial score (nSPS) is 10.2. The smallest absolute Gasteiger partial charge is 0.123 e. The standard InChI is InChI=1S/C9H9N3O/c1-7-4-8(13)2-3-9(7)12-5-10-11-6-12/h2-6,13H,1H3. The number of aromatic nitrogens is 3. The highest BCUT2D eigenvalue weighted by atomic mass is 16.3. The zero-order valence-electron chi connectivity index (χ0n) is 7.18. The lowest BCUT2D eigenvalue weighted by Gasteiger charge is -2.05. The van der Waals surface area contributed by atoms with Crippen molar-refractivity contribution in [2.24, 2.45) is 0 Å². The summed E-state index contributed by atoms with van der Waals surface area (Å²) in [5, 5.41) is 16.6. The van der Waals surface area contributed by atoms with E-state index in [1.165, 1.54) is 0 Å². The molecule has 13 heavy (non-hydrogen) atoms. The first-order valence-electron chi connectivity index (χ1n) is 3.92. The molecule has 0 atom stereocenters. The van der Waals surface area contributed by atoms with Gasteiger partial charge in [0.05, 0.1) is 5.69 Å². The molecule has 0 aliphatic heterocycles. The molecule has 0 radical (unpaired) electrons. The second kappa shape index (κ2) is 2.90. The van der Waals surface area contributed by atoms with Crippen molar-refractivity contribution < 1.29 is 5.11 Å².